The molecule has 0 heterocycles. The molecule has 0 atom stereocenters. The predicted molar refractivity (Wildman–Crippen MR) is 101 cm³/mol. The number of benzene rings is 2. The quantitative estimate of drug-likeness (QED) is 0.650. The summed E-state index contributed by atoms with van der Waals surface area (Å²) < 4.78 is 0.920. The van der Waals surface area contributed by atoms with E-state index in [0.29, 0.717) is 21.4 Å². The van der Waals surface area contributed by atoms with Crippen LogP contribution in [0.3, 0.4) is 0 Å². The van der Waals surface area contributed by atoms with E-state index in [2.05, 4.69) is 31.9 Å². The van der Waals surface area contributed by atoms with Crippen molar-refractivity contribution in [3.63, 3.8) is 0 Å². The molecule has 8 heteroatoms. The first kappa shape index (κ1) is 18.6. The number of halogens is 3. The lowest BCUT2D eigenvalue weighted by molar-refractivity contribution is -0.115. The van der Waals surface area contributed by atoms with E-state index in [0.717, 1.165) is 10.0 Å². The Morgan fingerprint density at radius 3 is 2.50 bits per heavy atom. The van der Waals surface area contributed by atoms with Crippen molar-refractivity contribution in [3.05, 3.63) is 56.5 Å². The van der Waals surface area contributed by atoms with Crippen LogP contribution in [-0.4, -0.2) is 18.5 Å². The fourth-order valence-electron chi connectivity index (χ4n) is 1.88. The molecule has 0 spiro atoms. The molecule has 0 aliphatic carbocycles. The first-order valence-electron chi connectivity index (χ1n) is 6.91. The maximum absolute atomic E-state index is 11.9. The van der Waals surface area contributed by atoms with Crippen molar-refractivity contribution in [2.45, 2.75) is 6.92 Å². The van der Waals surface area contributed by atoms with Crippen LogP contribution in [0.2, 0.25) is 10.0 Å². The molecule has 2 aromatic rings. The molecule has 0 bridgehead atoms. The number of nitrogens with one attached hydrogen (secondary N) is 3. The van der Waals surface area contributed by atoms with Gasteiger partial charge in [-0.25, -0.2) is 4.79 Å². The first-order chi connectivity index (χ1) is 11.3. The molecule has 0 aliphatic heterocycles. The summed E-state index contributed by atoms with van der Waals surface area (Å²) in [6.45, 7) is 1.67. The molecule has 126 valence electrons. The lowest BCUT2D eigenvalue weighted by Crippen LogP contribution is -2.36. The third-order valence-corrected chi connectivity index (χ3v) is 4.11. The summed E-state index contributed by atoms with van der Waals surface area (Å²) >= 11 is 15.2. The fraction of sp³-hybridized carbons (Fsp3) is 0.125. The minimum Gasteiger partial charge on any atom is -0.329 e. The monoisotopic (exact) mass is 429 g/mol. The number of anilines is 2. The molecular weight excluding hydrogens is 417 g/mol. The maximum atomic E-state index is 11.9. The number of aryl methyl sites for hydroxylation is 1. The van der Waals surface area contributed by atoms with Crippen LogP contribution in [0.5, 0.6) is 0 Å². The molecule has 0 saturated heterocycles. The van der Waals surface area contributed by atoms with Gasteiger partial charge in [0.15, 0.2) is 0 Å². The van der Waals surface area contributed by atoms with Crippen LogP contribution in [0.4, 0.5) is 16.2 Å². The van der Waals surface area contributed by atoms with Gasteiger partial charge in [-0.05, 0) is 48.9 Å². The van der Waals surface area contributed by atoms with Gasteiger partial charge in [0.1, 0.15) is 0 Å². The number of rotatable bonds is 4. The Morgan fingerprint density at radius 1 is 1.04 bits per heavy atom. The lowest BCUT2D eigenvalue weighted by Gasteiger charge is -2.11. The van der Waals surface area contributed by atoms with Crippen LogP contribution < -0.4 is 16.0 Å². The maximum Gasteiger partial charge on any atom is 0.319 e. The van der Waals surface area contributed by atoms with Crippen molar-refractivity contribution in [1.82, 2.24) is 5.32 Å². The number of hydrogen-bond donors (Lipinski definition) is 3. The van der Waals surface area contributed by atoms with Gasteiger partial charge in [-0.2, -0.15) is 0 Å². The topological polar surface area (TPSA) is 70.2 Å². The Kier molecular flexibility index (Phi) is 6.48. The van der Waals surface area contributed by atoms with Gasteiger partial charge < -0.3 is 16.0 Å². The SMILES string of the molecule is Cc1cc(Br)ccc1NC(=O)NCC(=O)Nc1cc(Cl)ccc1Cl. The molecule has 5 nitrogen and oxygen atoms in total. The summed E-state index contributed by atoms with van der Waals surface area (Å²) in [5, 5.41) is 8.56. The summed E-state index contributed by atoms with van der Waals surface area (Å²) in [7, 11) is 0. The third kappa shape index (κ3) is 5.40. The average Bonchev–Trinajstić information content (AvgIpc) is 2.52. The lowest BCUT2D eigenvalue weighted by atomic mass is 10.2. The highest BCUT2D eigenvalue weighted by Gasteiger charge is 2.09. The second kappa shape index (κ2) is 8.37. The van der Waals surface area contributed by atoms with Crippen molar-refractivity contribution in [2.24, 2.45) is 0 Å². The van der Waals surface area contributed by atoms with Gasteiger partial charge in [0.05, 0.1) is 17.3 Å². The van der Waals surface area contributed by atoms with Crippen molar-refractivity contribution in [3.8, 4) is 0 Å². The summed E-state index contributed by atoms with van der Waals surface area (Å²) in [4.78, 5) is 23.7. The van der Waals surface area contributed by atoms with Gasteiger partial charge in [-0.1, -0.05) is 39.1 Å². The first-order valence-corrected chi connectivity index (χ1v) is 8.46. The van der Waals surface area contributed by atoms with Crippen LogP contribution in [0, 0.1) is 6.92 Å². The number of carbonyl (C=O) groups excluding carboxylic acids is 2. The largest absolute Gasteiger partial charge is 0.329 e. The number of hydrogen-bond acceptors (Lipinski definition) is 2. The zero-order chi connectivity index (χ0) is 17.7. The second-order valence-electron chi connectivity index (χ2n) is 4.94. The molecule has 2 aromatic carbocycles. The summed E-state index contributed by atoms with van der Waals surface area (Å²) in [5.74, 6) is -0.415. The highest BCUT2D eigenvalue weighted by molar-refractivity contribution is 9.10. The molecule has 3 N–H and O–H groups in total. The molecule has 0 saturated carbocycles. The fourth-order valence-corrected chi connectivity index (χ4v) is 2.69. The van der Waals surface area contributed by atoms with E-state index in [1.165, 1.54) is 6.07 Å². The normalized spacial score (nSPS) is 10.2. The summed E-state index contributed by atoms with van der Waals surface area (Å²) in [6.07, 6.45) is 0. The highest BCUT2D eigenvalue weighted by atomic mass is 79.9. The van der Waals surface area contributed by atoms with E-state index in [1.54, 1.807) is 18.2 Å². The Labute approximate surface area is 157 Å². The predicted octanol–water partition coefficient (Wildman–Crippen LogP) is 4.82. The molecule has 0 radical (unpaired) electrons. The van der Waals surface area contributed by atoms with Gasteiger partial charge in [-0.3, -0.25) is 4.79 Å². The van der Waals surface area contributed by atoms with E-state index in [4.69, 9.17) is 23.2 Å². The van der Waals surface area contributed by atoms with Crippen molar-refractivity contribution >= 4 is 62.4 Å². The molecule has 2 rings (SSSR count). The second-order valence-corrected chi connectivity index (χ2v) is 6.70. The van der Waals surface area contributed by atoms with Crippen LogP contribution >= 0.6 is 39.1 Å². The summed E-state index contributed by atoms with van der Waals surface area (Å²) in [5.41, 5.74) is 1.95. The molecule has 0 aliphatic rings. The van der Waals surface area contributed by atoms with Crippen LogP contribution in [0.15, 0.2) is 40.9 Å². The van der Waals surface area contributed by atoms with Gasteiger partial charge in [0.25, 0.3) is 0 Å². The van der Waals surface area contributed by atoms with Gasteiger partial charge in [0.2, 0.25) is 5.91 Å². The molecule has 0 aromatic heterocycles. The van der Waals surface area contributed by atoms with E-state index in [1.807, 2.05) is 19.1 Å². The zero-order valence-electron chi connectivity index (χ0n) is 12.6. The minimum absolute atomic E-state index is 0.204. The Bertz CT molecular complexity index is 784. The molecule has 24 heavy (non-hydrogen) atoms. The number of amides is 3. The minimum atomic E-state index is -0.479. The number of urea groups is 1. The van der Waals surface area contributed by atoms with Crippen LogP contribution in [0.1, 0.15) is 5.56 Å². The van der Waals surface area contributed by atoms with Crippen molar-refractivity contribution in [1.29, 1.82) is 0 Å². The van der Waals surface area contributed by atoms with Gasteiger partial charge in [0, 0.05) is 15.2 Å². The third-order valence-electron chi connectivity index (χ3n) is 3.05. The van der Waals surface area contributed by atoms with Crippen LogP contribution in [0.25, 0.3) is 0 Å². The highest BCUT2D eigenvalue weighted by Crippen LogP contribution is 2.25. The Morgan fingerprint density at radius 2 is 1.79 bits per heavy atom. The Hall–Kier alpha value is -1.76. The Balaban J connectivity index is 1.87. The molecule has 0 fully saturated rings. The zero-order valence-corrected chi connectivity index (χ0v) is 15.7. The van der Waals surface area contributed by atoms with Gasteiger partial charge in [-0.15, -0.1) is 0 Å². The molecular formula is C16H14BrCl2N3O2. The van der Waals surface area contributed by atoms with Crippen LogP contribution in [-0.2, 0) is 4.79 Å². The molecule has 0 unspecified atom stereocenters. The van der Waals surface area contributed by atoms with E-state index >= 15 is 0 Å². The van der Waals surface area contributed by atoms with Crippen molar-refractivity contribution in [2.75, 3.05) is 17.2 Å². The number of carbonyl (C=O) groups is 2. The standard InChI is InChI=1S/C16H14BrCl2N3O2/c1-9-6-10(17)2-5-13(9)22-16(24)20-8-15(23)21-14-7-11(18)3-4-12(14)19/h2-7H,8H2,1H3,(H,21,23)(H2,20,22,24). The van der Waals surface area contributed by atoms with Crippen molar-refractivity contribution < 1.29 is 9.59 Å². The molecule has 3 amide bonds. The van der Waals surface area contributed by atoms with E-state index in [-0.39, 0.29) is 6.54 Å². The van der Waals surface area contributed by atoms with Gasteiger partial charge >= 0.3 is 6.03 Å². The average molecular weight is 431 g/mol. The van der Waals surface area contributed by atoms with E-state index < -0.39 is 11.9 Å². The smallest absolute Gasteiger partial charge is 0.319 e. The summed E-state index contributed by atoms with van der Waals surface area (Å²) in [6, 6.07) is 9.72. The van der Waals surface area contributed by atoms with E-state index in [9.17, 15) is 9.59 Å².